The zero-order valence-corrected chi connectivity index (χ0v) is 17.2. The largest absolute Gasteiger partial charge is 0.339 e. The molecule has 1 aliphatic heterocycles. The molecule has 1 saturated heterocycles. The Labute approximate surface area is 170 Å². The van der Waals surface area contributed by atoms with Gasteiger partial charge < -0.3 is 4.90 Å². The molecule has 1 aliphatic rings. The Morgan fingerprint density at radius 3 is 2.41 bits per heavy atom. The number of hydrogen-bond acceptors (Lipinski definition) is 3. The highest BCUT2D eigenvalue weighted by Crippen LogP contribution is 2.29. The van der Waals surface area contributed by atoms with Gasteiger partial charge in [-0.3, -0.25) is 14.4 Å². The fourth-order valence-electron chi connectivity index (χ4n) is 3.07. The molecule has 3 rings (SSSR count). The number of hydrogen-bond donors (Lipinski definition) is 0. The van der Waals surface area contributed by atoms with Gasteiger partial charge in [-0.05, 0) is 40.5 Å². The molecule has 1 aromatic carbocycles. The first-order valence-corrected chi connectivity index (χ1v) is 9.77. The van der Waals surface area contributed by atoms with Gasteiger partial charge in [0.15, 0.2) is 0 Å². The van der Waals surface area contributed by atoms with Gasteiger partial charge in [-0.25, -0.2) is 8.78 Å². The predicted octanol–water partition coefficient (Wildman–Crippen LogP) is 3.89. The van der Waals surface area contributed by atoms with Crippen LogP contribution in [0.2, 0.25) is 5.02 Å². The molecule has 1 fully saturated rings. The third-order valence-electron chi connectivity index (χ3n) is 4.69. The zero-order valence-electron chi connectivity index (χ0n) is 14.8. The second-order valence-electron chi connectivity index (χ2n) is 6.53. The van der Waals surface area contributed by atoms with Gasteiger partial charge in [0.05, 0.1) is 10.2 Å². The second kappa shape index (κ2) is 8.67. The van der Waals surface area contributed by atoms with E-state index in [0.29, 0.717) is 23.8 Å². The normalized spacial score (nSPS) is 15.6. The molecule has 0 saturated carbocycles. The van der Waals surface area contributed by atoms with Crippen molar-refractivity contribution in [3.8, 4) is 0 Å². The number of carbonyl (C=O) groups is 1. The Kier molecular flexibility index (Phi) is 6.49. The van der Waals surface area contributed by atoms with Gasteiger partial charge in [-0.15, -0.1) is 0 Å². The minimum atomic E-state index is -2.68. The quantitative estimate of drug-likeness (QED) is 0.678. The van der Waals surface area contributed by atoms with Gasteiger partial charge in [0.25, 0.3) is 6.43 Å². The van der Waals surface area contributed by atoms with E-state index in [1.54, 1.807) is 11.8 Å². The number of piperazine rings is 1. The molecule has 0 aliphatic carbocycles. The molecule has 2 aromatic rings. The van der Waals surface area contributed by atoms with E-state index in [4.69, 9.17) is 11.6 Å². The molecule has 0 unspecified atom stereocenters. The lowest BCUT2D eigenvalue weighted by Gasteiger charge is -2.34. The molecule has 0 atom stereocenters. The van der Waals surface area contributed by atoms with Crippen LogP contribution in [0.25, 0.3) is 0 Å². The van der Waals surface area contributed by atoms with Crippen LogP contribution in [0.1, 0.15) is 23.4 Å². The van der Waals surface area contributed by atoms with Crippen LogP contribution in [0.3, 0.4) is 0 Å². The van der Waals surface area contributed by atoms with Crippen molar-refractivity contribution in [1.82, 2.24) is 19.6 Å². The molecule has 1 amide bonds. The van der Waals surface area contributed by atoms with E-state index in [-0.39, 0.29) is 22.6 Å². The van der Waals surface area contributed by atoms with Crippen LogP contribution in [-0.2, 0) is 17.9 Å². The molecule has 146 valence electrons. The summed E-state index contributed by atoms with van der Waals surface area (Å²) in [7, 11) is 0. The number of halogens is 4. The average molecular weight is 462 g/mol. The Balaban J connectivity index is 1.54. The van der Waals surface area contributed by atoms with E-state index in [0.717, 1.165) is 19.6 Å². The Morgan fingerprint density at radius 2 is 1.85 bits per heavy atom. The smallest absolute Gasteiger partial charge is 0.283 e. The molecule has 0 radical (unpaired) electrons. The van der Waals surface area contributed by atoms with Crippen molar-refractivity contribution in [1.29, 1.82) is 0 Å². The van der Waals surface area contributed by atoms with Crippen LogP contribution in [0.15, 0.2) is 28.7 Å². The SMILES string of the molecule is Cc1c(Br)c(C(F)F)nn1CC(=O)N1CCN(Cc2ccc(Cl)cc2)CC1. The zero-order chi connectivity index (χ0) is 19.6. The summed E-state index contributed by atoms with van der Waals surface area (Å²) in [6.45, 7) is 5.18. The highest BCUT2D eigenvalue weighted by atomic mass is 79.9. The minimum absolute atomic E-state index is 0.0334. The van der Waals surface area contributed by atoms with E-state index in [1.807, 2.05) is 24.3 Å². The van der Waals surface area contributed by atoms with Gasteiger partial charge in [0.2, 0.25) is 5.91 Å². The van der Waals surface area contributed by atoms with E-state index in [2.05, 4.69) is 25.9 Å². The maximum Gasteiger partial charge on any atom is 0.283 e. The van der Waals surface area contributed by atoms with Crippen molar-refractivity contribution in [3.63, 3.8) is 0 Å². The van der Waals surface area contributed by atoms with Crippen molar-refractivity contribution in [2.75, 3.05) is 26.2 Å². The molecular formula is C18H20BrClF2N4O. The maximum absolute atomic E-state index is 12.9. The topological polar surface area (TPSA) is 41.4 Å². The van der Waals surface area contributed by atoms with Crippen LogP contribution >= 0.6 is 27.5 Å². The number of benzene rings is 1. The lowest BCUT2D eigenvalue weighted by Crippen LogP contribution is -2.49. The molecule has 2 heterocycles. The van der Waals surface area contributed by atoms with Gasteiger partial charge in [0.1, 0.15) is 12.2 Å². The predicted molar refractivity (Wildman–Crippen MR) is 103 cm³/mol. The molecule has 1 aromatic heterocycles. The summed E-state index contributed by atoms with van der Waals surface area (Å²) in [4.78, 5) is 16.6. The molecule has 9 heteroatoms. The van der Waals surface area contributed by atoms with Crippen LogP contribution in [0.5, 0.6) is 0 Å². The van der Waals surface area contributed by atoms with Crippen molar-refractivity contribution in [2.24, 2.45) is 0 Å². The lowest BCUT2D eigenvalue weighted by molar-refractivity contribution is -0.133. The summed E-state index contributed by atoms with van der Waals surface area (Å²) in [6.07, 6.45) is -2.68. The summed E-state index contributed by atoms with van der Waals surface area (Å²) in [6, 6.07) is 7.74. The first kappa shape index (κ1) is 20.2. The molecule has 0 spiro atoms. The fourth-order valence-corrected chi connectivity index (χ4v) is 3.66. The molecule has 0 N–H and O–H groups in total. The monoisotopic (exact) mass is 460 g/mol. The summed E-state index contributed by atoms with van der Waals surface area (Å²) in [5, 5.41) is 4.59. The van der Waals surface area contributed by atoms with E-state index in [9.17, 15) is 13.6 Å². The first-order chi connectivity index (χ1) is 12.8. The molecule has 27 heavy (non-hydrogen) atoms. The van der Waals surface area contributed by atoms with Crippen molar-refractivity contribution < 1.29 is 13.6 Å². The third-order valence-corrected chi connectivity index (χ3v) is 5.93. The number of aromatic nitrogens is 2. The Hall–Kier alpha value is -1.51. The highest BCUT2D eigenvalue weighted by Gasteiger charge is 2.25. The van der Waals surface area contributed by atoms with Crippen LogP contribution in [0, 0.1) is 6.92 Å². The first-order valence-electron chi connectivity index (χ1n) is 8.60. The van der Waals surface area contributed by atoms with E-state index < -0.39 is 6.43 Å². The number of carbonyl (C=O) groups excluding carboxylic acids is 1. The summed E-state index contributed by atoms with van der Waals surface area (Å²) in [5.74, 6) is -0.111. The van der Waals surface area contributed by atoms with Gasteiger partial charge in [0, 0.05) is 37.7 Å². The summed E-state index contributed by atoms with van der Waals surface area (Å²) >= 11 is 9.03. The fraction of sp³-hybridized carbons (Fsp3) is 0.444. The lowest BCUT2D eigenvalue weighted by atomic mass is 10.2. The number of nitrogens with zero attached hydrogens (tertiary/aromatic N) is 4. The van der Waals surface area contributed by atoms with Crippen LogP contribution < -0.4 is 0 Å². The van der Waals surface area contributed by atoms with Crippen molar-refractivity contribution >= 4 is 33.4 Å². The third kappa shape index (κ3) is 4.86. The Morgan fingerprint density at radius 1 is 1.22 bits per heavy atom. The van der Waals surface area contributed by atoms with Gasteiger partial charge in [-0.1, -0.05) is 23.7 Å². The summed E-state index contributed by atoms with van der Waals surface area (Å²) < 4.78 is 27.5. The Bertz CT molecular complexity index is 804. The van der Waals surface area contributed by atoms with Gasteiger partial charge in [-0.2, -0.15) is 5.10 Å². The minimum Gasteiger partial charge on any atom is -0.339 e. The highest BCUT2D eigenvalue weighted by molar-refractivity contribution is 9.10. The van der Waals surface area contributed by atoms with Gasteiger partial charge >= 0.3 is 0 Å². The second-order valence-corrected chi connectivity index (χ2v) is 7.76. The average Bonchev–Trinajstić information content (AvgIpc) is 2.93. The van der Waals surface area contributed by atoms with Crippen LogP contribution in [0.4, 0.5) is 8.78 Å². The summed E-state index contributed by atoms with van der Waals surface area (Å²) in [5.41, 5.74) is 1.38. The van der Waals surface area contributed by atoms with E-state index >= 15 is 0 Å². The maximum atomic E-state index is 12.9. The molecule has 5 nitrogen and oxygen atoms in total. The van der Waals surface area contributed by atoms with E-state index in [1.165, 1.54) is 10.2 Å². The standard InChI is InChI=1S/C18H20BrClF2N4O/c1-12-16(19)17(18(21)22)23-26(12)11-15(27)25-8-6-24(7-9-25)10-13-2-4-14(20)5-3-13/h2-5,18H,6-11H2,1H3. The number of rotatable bonds is 5. The number of alkyl halides is 2. The van der Waals surface area contributed by atoms with Crippen molar-refractivity contribution in [2.45, 2.75) is 26.4 Å². The van der Waals surface area contributed by atoms with Crippen LogP contribution in [-0.4, -0.2) is 51.7 Å². The molecular weight excluding hydrogens is 442 g/mol. The molecule has 0 bridgehead atoms. The number of amides is 1. The van der Waals surface area contributed by atoms with Crippen molar-refractivity contribution in [3.05, 3.63) is 50.7 Å².